The van der Waals surface area contributed by atoms with Crippen LogP contribution in [-0.4, -0.2) is 62.5 Å². The highest BCUT2D eigenvalue weighted by molar-refractivity contribution is 8.00. The molecule has 2 aliphatic heterocycles. The molecule has 1 unspecified atom stereocenters. The van der Waals surface area contributed by atoms with E-state index in [0.717, 1.165) is 24.2 Å². The summed E-state index contributed by atoms with van der Waals surface area (Å²) in [6.45, 7) is 3.11. The number of ether oxygens (including phenoxy) is 1. The lowest BCUT2D eigenvalue weighted by Crippen LogP contribution is -2.70. The van der Waals surface area contributed by atoms with E-state index >= 15 is 0 Å². The molecule has 1 aromatic rings. The summed E-state index contributed by atoms with van der Waals surface area (Å²) in [7, 11) is 0. The molecule has 33 heavy (non-hydrogen) atoms. The number of esters is 1. The van der Waals surface area contributed by atoms with Gasteiger partial charge in [-0.05, 0) is 12.8 Å². The van der Waals surface area contributed by atoms with Crippen LogP contribution in [0.5, 0.6) is 0 Å². The van der Waals surface area contributed by atoms with Gasteiger partial charge in [-0.1, -0.05) is 25.8 Å². The molecule has 12 heteroatoms. The molecular formula is C21H26N4O6S2. The summed E-state index contributed by atoms with van der Waals surface area (Å²) in [6, 6.07) is -0.873. The average molecular weight is 495 g/mol. The molecule has 0 spiro atoms. The molecular weight excluding hydrogens is 468 g/mol. The Morgan fingerprint density at radius 1 is 1.39 bits per heavy atom. The van der Waals surface area contributed by atoms with Crippen LogP contribution in [0, 0.1) is 0 Å². The van der Waals surface area contributed by atoms with Crippen LogP contribution < -0.4 is 11.1 Å². The minimum atomic E-state index is -1.28. The summed E-state index contributed by atoms with van der Waals surface area (Å²) in [5, 5.41) is 13.9. The molecule has 2 aliphatic rings. The number of hydrogen-bond acceptors (Lipinski definition) is 9. The van der Waals surface area contributed by atoms with Gasteiger partial charge in [0.25, 0.3) is 11.8 Å². The van der Waals surface area contributed by atoms with Gasteiger partial charge in [-0.2, -0.15) is 0 Å². The van der Waals surface area contributed by atoms with Gasteiger partial charge >= 0.3 is 11.9 Å². The van der Waals surface area contributed by atoms with Crippen LogP contribution in [0.3, 0.4) is 0 Å². The summed E-state index contributed by atoms with van der Waals surface area (Å²) in [6.07, 6.45) is 5.47. The second kappa shape index (κ2) is 10.8. The van der Waals surface area contributed by atoms with Crippen molar-refractivity contribution in [2.45, 2.75) is 50.9 Å². The van der Waals surface area contributed by atoms with E-state index in [0.29, 0.717) is 28.4 Å². The van der Waals surface area contributed by atoms with Crippen molar-refractivity contribution in [1.29, 1.82) is 0 Å². The molecule has 2 amide bonds. The van der Waals surface area contributed by atoms with Crippen LogP contribution in [0.1, 0.15) is 45.2 Å². The Kier molecular flexibility index (Phi) is 8.14. The highest BCUT2D eigenvalue weighted by atomic mass is 32.2. The number of carbonyl (C=O) groups excluding carboxylic acids is 3. The number of unbranched alkanes of at least 4 members (excludes halogenated alkanes) is 3. The van der Waals surface area contributed by atoms with E-state index in [1.807, 2.05) is 0 Å². The fraction of sp³-hybridized carbons (Fsp3) is 0.476. The predicted octanol–water partition coefficient (Wildman–Crippen LogP) is 1.99. The topological polar surface area (TPSA) is 152 Å². The quantitative estimate of drug-likeness (QED) is 0.192. The summed E-state index contributed by atoms with van der Waals surface area (Å²) in [5.41, 5.74) is 6.67. The van der Waals surface area contributed by atoms with E-state index in [9.17, 15) is 24.3 Å². The minimum absolute atomic E-state index is 0.196. The molecule has 0 radical (unpaired) electrons. The van der Waals surface area contributed by atoms with E-state index in [1.165, 1.54) is 30.0 Å². The highest BCUT2D eigenvalue weighted by Gasteiger charge is 2.54. The number of anilines is 1. The molecule has 4 N–H and O–H groups in total. The third-order valence-electron chi connectivity index (χ3n) is 5.18. The Balaban J connectivity index is 1.76. The fourth-order valence-corrected chi connectivity index (χ4v) is 5.46. The van der Waals surface area contributed by atoms with E-state index in [-0.39, 0.29) is 18.1 Å². The monoisotopic (exact) mass is 494 g/mol. The zero-order valence-corrected chi connectivity index (χ0v) is 20.0. The number of allylic oxidation sites excluding steroid dienone is 1. The zero-order valence-electron chi connectivity index (χ0n) is 18.3. The van der Waals surface area contributed by atoms with Crippen LogP contribution in [0.4, 0.5) is 5.13 Å². The molecule has 1 fully saturated rings. The van der Waals surface area contributed by atoms with Gasteiger partial charge in [-0.25, -0.2) is 9.78 Å². The summed E-state index contributed by atoms with van der Waals surface area (Å²) in [5.74, 6) is -2.54. The van der Waals surface area contributed by atoms with Gasteiger partial charge in [-0.15, -0.1) is 23.1 Å². The number of aromatic nitrogens is 1. The van der Waals surface area contributed by atoms with Crippen LogP contribution in [-0.2, 0) is 23.9 Å². The number of nitrogen functional groups attached to an aromatic ring is 1. The molecule has 1 aromatic heterocycles. The van der Waals surface area contributed by atoms with Crippen LogP contribution in [0.15, 0.2) is 22.7 Å². The van der Waals surface area contributed by atoms with Crippen LogP contribution in [0.25, 0.3) is 5.57 Å². The van der Waals surface area contributed by atoms with Gasteiger partial charge in [0, 0.05) is 23.6 Å². The number of β-lactam (4-membered cyclic amide) rings is 1. The average Bonchev–Trinajstić information content (AvgIpc) is 3.20. The maximum absolute atomic E-state index is 13.1. The second-order valence-corrected chi connectivity index (χ2v) is 9.58. The molecule has 0 aromatic carbocycles. The third-order valence-corrected chi connectivity index (χ3v) is 7.20. The molecule has 0 saturated carbocycles. The molecule has 10 nitrogen and oxygen atoms in total. The first kappa shape index (κ1) is 24.8. The van der Waals surface area contributed by atoms with Crippen molar-refractivity contribution in [3.05, 3.63) is 28.4 Å². The number of carboxylic acid groups (broad SMARTS) is 1. The molecule has 178 valence electrons. The minimum Gasteiger partial charge on any atom is -0.477 e. The number of fused-ring (bicyclic) bond motifs is 1. The van der Waals surface area contributed by atoms with Crippen molar-refractivity contribution in [1.82, 2.24) is 15.2 Å². The van der Waals surface area contributed by atoms with Gasteiger partial charge in [0.05, 0.1) is 11.3 Å². The van der Waals surface area contributed by atoms with Gasteiger partial charge in [-0.3, -0.25) is 19.3 Å². The van der Waals surface area contributed by atoms with E-state index in [4.69, 9.17) is 10.5 Å². The first-order valence-electron chi connectivity index (χ1n) is 10.5. The number of nitrogens with one attached hydrogen (secondary N) is 1. The number of rotatable bonds is 10. The van der Waals surface area contributed by atoms with Crippen molar-refractivity contribution < 1.29 is 29.0 Å². The Morgan fingerprint density at radius 2 is 2.15 bits per heavy atom. The zero-order chi connectivity index (χ0) is 24.1. The van der Waals surface area contributed by atoms with Crippen molar-refractivity contribution in [3.63, 3.8) is 0 Å². The lowest BCUT2D eigenvalue weighted by molar-refractivity contribution is -0.150. The molecule has 3 rings (SSSR count). The maximum Gasteiger partial charge on any atom is 0.352 e. The van der Waals surface area contributed by atoms with E-state index < -0.39 is 35.2 Å². The summed E-state index contributed by atoms with van der Waals surface area (Å²) >= 11 is 2.53. The summed E-state index contributed by atoms with van der Waals surface area (Å²) in [4.78, 5) is 54.2. The van der Waals surface area contributed by atoms with Gasteiger partial charge < -0.3 is 20.9 Å². The number of amides is 2. The number of hydrogen-bond donors (Lipinski definition) is 3. The van der Waals surface area contributed by atoms with Crippen LogP contribution >= 0.6 is 23.1 Å². The normalized spacial score (nSPS) is 20.2. The number of carboxylic acids is 1. The highest BCUT2D eigenvalue weighted by Crippen LogP contribution is 2.40. The number of carbonyl (C=O) groups is 4. The Hall–Kier alpha value is -2.86. The first-order valence-corrected chi connectivity index (χ1v) is 12.4. The fourth-order valence-electron chi connectivity index (χ4n) is 3.57. The van der Waals surface area contributed by atoms with Crippen molar-refractivity contribution in [2.75, 3.05) is 18.1 Å². The number of thiazole rings is 1. The van der Waals surface area contributed by atoms with Gasteiger partial charge in [0.2, 0.25) is 0 Å². The van der Waals surface area contributed by atoms with Crippen molar-refractivity contribution in [2.24, 2.45) is 0 Å². The second-order valence-electron chi connectivity index (χ2n) is 7.58. The van der Waals surface area contributed by atoms with Gasteiger partial charge in [0.1, 0.15) is 23.7 Å². The van der Waals surface area contributed by atoms with Crippen LogP contribution in [0.2, 0.25) is 0 Å². The largest absolute Gasteiger partial charge is 0.477 e. The molecule has 2 atom stereocenters. The standard InChI is InChI=1S/C21H26N4O6S2/c1-3-4-5-6-7-13(14-10-33-21(22)23-14)17(27)24-15-18(28)25-16(20(29)30)12(8-31-11(2)26)9-32-19(15)25/h7,10,15,19H,3-6,8-9H2,1-2H3,(H2,22,23)(H,24,27)(H,29,30)/t15?,19-/m1/s1. The van der Waals surface area contributed by atoms with Gasteiger partial charge in [0.15, 0.2) is 5.13 Å². The predicted molar refractivity (Wildman–Crippen MR) is 125 cm³/mol. The molecule has 3 heterocycles. The van der Waals surface area contributed by atoms with E-state index in [2.05, 4.69) is 17.2 Å². The number of aliphatic carboxylic acids is 1. The summed E-state index contributed by atoms with van der Waals surface area (Å²) < 4.78 is 4.93. The number of nitrogens with two attached hydrogens (primary N) is 1. The SMILES string of the molecule is CCCCCC=C(C(=O)NC1C(=O)N2C(C(=O)O)=C(COC(C)=O)CS[C@H]12)c1csc(N)n1. The lowest BCUT2D eigenvalue weighted by atomic mass is 10.0. The Morgan fingerprint density at radius 3 is 2.76 bits per heavy atom. The third kappa shape index (κ3) is 5.56. The molecule has 1 saturated heterocycles. The Bertz CT molecular complexity index is 1020. The number of thioether (sulfide) groups is 1. The Labute approximate surface area is 199 Å². The molecule has 0 bridgehead atoms. The van der Waals surface area contributed by atoms with E-state index in [1.54, 1.807) is 11.5 Å². The van der Waals surface area contributed by atoms with Crippen molar-refractivity contribution >= 4 is 57.6 Å². The van der Waals surface area contributed by atoms with Crippen molar-refractivity contribution in [3.8, 4) is 0 Å². The smallest absolute Gasteiger partial charge is 0.352 e. The first-order chi connectivity index (χ1) is 15.7. The molecule has 0 aliphatic carbocycles. The number of nitrogens with zero attached hydrogens (tertiary/aromatic N) is 2. The maximum atomic E-state index is 13.1. The lowest BCUT2D eigenvalue weighted by Gasteiger charge is -2.49.